The van der Waals surface area contributed by atoms with Crippen molar-refractivity contribution in [3.63, 3.8) is 0 Å². The van der Waals surface area contributed by atoms with Gasteiger partial charge in [0.2, 0.25) is 0 Å². The largest absolute Gasteiger partial charge is 0.345 e. The van der Waals surface area contributed by atoms with Crippen molar-refractivity contribution in [3.8, 4) is 33.5 Å². The molecule has 2 N–H and O–H groups in total. The van der Waals surface area contributed by atoms with Gasteiger partial charge in [-0.2, -0.15) is 0 Å². The van der Waals surface area contributed by atoms with E-state index < -0.39 is 0 Å². The summed E-state index contributed by atoms with van der Waals surface area (Å²) < 4.78 is 2.65. The number of hydrogen-bond donors (Lipinski definition) is 2. The summed E-state index contributed by atoms with van der Waals surface area (Å²) in [5.41, 5.74) is 9.30. The molecule has 4 nitrogen and oxygen atoms in total. The van der Waals surface area contributed by atoms with Crippen molar-refractivity contribution in [1.82, 2.24) is 19.9 Å². The van der Waals surface area contributed by atoms with Gasteiger partial charge in [0.1, 0.15) is 0 Å². The van der Waals surface area contributed by atoms with E-state index in [0.29, 0.717) is 0 Å². The van der Waals surface area contributed by atoms with E-state index in [-0.39, 0.29) is 0 Å². The highest BCUT2D eigenvalue weighted by Crippen LogP contribution is 2.43. The van der Waals surface area contributed by atoms with Crippen LogP contribution in [-0.4, -0.2) is 19.9 Å². The van der Waals surface area contributed by atoms with Crippen LogP contribution in [0.15, 0.2) is 72.1 Å². The summed E-state index contributed by atoms with van der Waals surface area (Å²) in [5, 5.41) is 4.47. The van der Waals surface area contributed by atoms with Gasteiger partial charge in [-0.1, -0.05) is 30.3 Å². The Kier molecular flexibility index (Phi) is 3.47. The third kappa shape index (κ3) is 2.42. The van der Waals surface area contributed by atoms with Crippen LogP contribution in [0.4, 0.5) is 0 Å². The minimum atomic E-state index is 0.992. The van der Waals surface area contributed by atoms with E-state index in [2.05, 4.69) is 73.2 Å². The number of benzene rings is 2. The molecule has 0 amide bonds. The predicted octanol–water partition coefficient (Wildman–Crippen LogP) is 6.56. The average Bonchev–Trinajstić information content (AvgIpc) is 3.51. The number of aromatic amines is 2. The second-order valence-corrected chi connectivity index (χ2v) is 8.39. The summed E-state index contributed by atoms with van der Waals surface area (Å²) in [6, 6.07) is 15.1. The van der Waals surface area contributed by atoms with E-state index in [1.807, 2.05) is 6.20 Å². The minimum absolute atomic E-state index is 0.992. The molecule has 0 aliphatic heterocycles. The Hall–Kier alpha value is -3.22. The molecule has 6 rings (SSSR count). The third-order valence-corrected chi connectivity index (χ3v) is 7.18. The summed E-state index contributed by atoms with van der Waals surface area (Å²) in [6.45, 7) is 0. The maximum Gasteiger partial charge on any atom is 0.0931 e. The van der Waals surface area contributed by atoms with Gasteiger partial charge in [0.15, 0.2) is 0 Å². The summed E-state index contributed by atoms with van der Waals surface area (Å²) >= 11 is 3.59. The topological polar surface area (TPSA) is 57.4 Å². The van der Waals surface area contributed by atoms with Gasteiger partial charge in [-0.05, 0) is 28.8 Å². The highest BCUT2D eigenvalue weighted by Gasteiger charge is 2.14. The Bertz CT molecular complexity index is 1400. The molecule has 0 saturated heterocycles. The van der Waals surface area contributed by atoms with E-state index in [0.717, 1.165) is 16.7 Å². The molecule has 0 atom stereocenters. The zero-order valence-corrected chi connectivity index (χ0v) is 16.3. The van der Waals surface area contributed by atoms with Gasteiger partial charge < -0.3 is 9.97 Å². The molecular weight excluding hydrogens is 384 g/mol. The molecule has 2 aromatic carbocycles. The number of H-pyrrole nitrogens is 2. The maximum atomic E-state index is 4.29. The lowest BCUT2D eigenvalue weighted by Gasteiger charge is -2.04. The fourth-order valence-electron chi connectivity index (χ4n) is 3.57. The van der Waals surface area contributed by atoms with Crippen LogP contribution >= 0.6 is 22.7 Å². The van der Waals surface area contributed by atoms with Crippen molar-refractivity contribution in [2.45, 2.75) is 0 Å². The molecule has 28 heavy (non-hydrogen) atoms. The number of rotatable bonds is 3. The van der Waals surface area contributed by atoms with Gasteiger partial charge in [0, 0.05) is 21.9 Å². The molecule has 0 bridgehead atoms. The van der Waals surface area contributed by atoms with Crippen LogP contribution in [-0.2, 0) is 0 Å². The molecule has 0 saturated carbocycles. The summed E-state index contributed by atoms with van der Waals surface area (Å²) in [4.78, 5) is 14.8. The Labute approximate surface area is 168 Å². The number of nitrogens with zero attached hydrogens (tertiary/aromatic N) is 2. The smallest absolute Gasteiger partial charge is 0.0931 e. The van der Waals surface area contributed by atoms with Crippen molar-refractivity contribution >= 4 is 43.1 Å². The molecule has 4 aromatic heterocycles. The molecule has 4 heterocycles. The van der Waals surface area contributed by atoms with Crippen molar-refractivity contribution in [2.24, 2.45) is 0 Å². The second kappa shape index (κ2) is 6.15. The van der Waals surface area contributed by atoms with Crippen LogP contribution in [0.25, 0.3) is 53.9 Å². The molecule has 0 aliphatic rings. The molecule has 6 aromatic rings. The number of nitrogens with one attached hydrogen (secondary N) is 2. The summed E-state index contributed by atoms with van der Waals surface area (Å²) in [7, 11) is 0. The lowest BCUT2D eigenvalue weighted by Crippen LogP contribution is -1.80. The quantitative estimate of drug-likeness (QED) is 0.354. The first-order valence-electron chi connectivity index (χ1n) is 8.88. The Morgan fingerprint density at radius 3 is 2.29 bits per heavy atom. The van der Waals surface area contributed by atoms with Crippen molar-refractivity contribution < 1.29 is 0 Å². The molecule has 0 radical (unpaired) electrons. The lowest BCUT2D eigenvalue weighted by molar-refractivity contribution is 1.32. The van der Waals surface area contributed by atoms with Crippen LogP contribution in [0, 0.1) is 0 Å². The Morgan fingerprint density at radius 2 is 1.46 bits per heavy atom. The van der Waals surface area contributed by atoms with Crippen molar-refractivity contribution in [2.75, 3.05) is 0 Å². The molecule has 0 aliphatic carbocycles. The van der Waals surface area contributed by atoms with E-state index in [1.54, 1.807) is 35.3 Å². The monoisotopic (exact) mass is 398 g/mol. The lowest BCUT2D eigenvalue weighted by atomic mass is 10.0. The predicted molar refractivity (Wildman–Crippen MR) is 118 cm³/mol. The summed E-state index contributed by atoms with van der Waals surface area (Å²) in [6.07, 6.45) is 5.34. The van der Waals surface area contributed by atoms with Crippen LogP contribution in [0.1, 0.15) is 0 Å². The fourth-order valence-corrected chi connectivity index (χ4v) is 6.01. The number of hydrogen-bond acceptors (Lipinski definition) is 4. The zero-order valence-electron chi connectivity index (χ0n) is 14.6. The Morgan fingerprint density at radius 1 is 0.714 bits per heavy atom. The number of aromatic nitrogens is 4. The van der Waals surface area contributed by atoms with E-state index >= 15 is 0 Å². The van der Waals surface area contributed by atoms with Gasteiger partial charge in [-0.25, -0.2) is 9.97 Å². The third-order valence-electron chi connectivity index (χ3n) is 5.02. The molecular formula is C22H14N4S2. The van der Waals surface area contributed by atoms with Crippen LogP contribution in [0.3, 0.4) is 0 Å². The highest BCUT2D eigenvalue weighted by molar-refractivity contribution is 7.27. The minimum Gasteiger partial charge on any atom is -0.345 e. The van der Waals surface area contributed by atoms with Gasteiger partial charge in [-0.3, -0.25) is 0 Å². The molecule has 0 unspecified atom stereocenters. The van der Waals surface area contributed by atoms with E-state index in [1.165, 1.54) is 37.2 Å². The van der Waals surface area contributed by atoms with E-state index in [9.17, 15) is 0 Å². The maximum absolute atomic E-state index is 4.29. The average molecular weight is 399 g/mol. The molecule has 0 fully saturated rings. The molecule has 134 valence electrons. The molecule has 6 heteroatoms. The standard InChI is InChI=1S/C22H14N4S2/c1-3-14(4-2-13(1)15-5-6-18-19(7-15)26-12-25-18)16-9-27-22-17(10-28-21(16)22)20-8-23-11-24-20/h1-12H,(H,23,24)(H,25,26). The van der Waals surface area contributed by atoms with Gasteiger partial charge >= 0.3 is 0 Å². The Balaban J connectivity index is 1.39. The molecule has 0 spiro atoms. The second-order valence-electron chi connectivity index (χ2n) is 6.63. The van der Waals surface area contributed by atoms with Gasteiger partial charge in [0.25, 0.3) is 0 Å². The number of thiophene rings is 2. The van der Waals surface area contributed by atoms with Gasteiger partial charge in [-0.15, -0.1) is 22.7 Å². The SMILES string of the molecule is c1ncc(-c2csc3c(-c4ccc(-c5ccc6nc[nH]c6c5)cc4)csc23)[nH]1. The van der Waals surface area contributed by atoms with Crippen LogP contribution in [0.5, 0.6) is 0 Å². The number of imidazole rings is 2. The van der Waals surface area contributed by atoms with E-state index in [4.69, 9.17) is 0 Å². The fraction of sp³-hybridized carbons (Fsp3) is 0. The first kappa shape index (κ1) is 15.8. The van der Waals surface area contributed by atoms with Crippen molar-refractivity contribution in [1.29, 1.82) is 0 Å². The highest BCUT2D eigenvalue weighted by atomic mass is 32.1. The normalized spacial score (nSPS) is 11.6. The first-order chi connectivity index (χ1) is 13.9. The van der Waals surface area contributed by atoms with Crippen LogP contribution < -0.4 is 0 Å². The number of fused-ring (bicyclic) bond motifs is 2. The van der Waals surface area contributed by atoms with Crippen molar-refractivity contribution in [3.05, 3.63) is 72.1 Å². The first-order valence-corrected chi connectivity index (χ1v) is 10.6. The van der Waals surface area contributed by atoms with Gasteiger partial charge in [0.05, 0.1) is 45.0 Å². The van der Waals surface area contributed by atoms with Crippen LogP contribution in [0.2, 0.25) is 0 Å². The summed E-state index contributed by atoms with van der Waals surface area (Å²) in [5.74, 6) is 0. The zero-order chi connectivity index (χ0) is 18.5.